The number of hydrogen-bond donors (Lipinski definition) is 1. The molecule has 0 aliphatic rings. The molecule has 6 nitrogen and oxygen atoms in total. The summed E-state index contributed by atoms with van der Waals surface area (Å²) in [4.78, 5) is 10.8. The summed E-state index contributed by atoms with van der Waals surface area (Å²) in [5.41, 5.74) is 1.45. The summed E-state index contributed by atoms with van der Waals surface area (Å²) in [7, 11) is 0. The molecule has 0 bridgehead atoms. The summed E-state index contributed by atoms with van der Waals surface area (Å²) in [5.74, 6) is -0.870. The van der Waals surface area contributed by atoms with Gasteiger partial charge >= 0.3 is 5.97 Å². The molecule has 0 aliphatic carbocycles. The quantitative estimate of drug-likeness (QED) is 0.791. The van der Waals surface area contributed by atoms with Crippen molar-refractivity contribution in [3.8, 4) is 0 Å². The Morgan fingerprint density at radius 1 is 1.53 bits per heavy atom. The van der Waals surface area contributed by atoms with Gasteiger partial charge in [-0.15, -0.1) is 10.2 Å². The SMILES string of the molecule is CC(C)c1cc(C(=O)O)nn2cnnc12. The van der Waals surface area contributed by atoms with E-state index in [9.17, 15) is 4.79 Å². The van der Waals surface area contributed by atoms with Crippen LogP contribution in [-0.2, 0) is 0 Å². The monoisotopic (exact) mass is 206 g/mol. The minimum absolute atomic E-state index is 0.00556. The molecule has 0 fully saturated rings. The number of fused-ring (bicyclic) bond motifs is 1. The standard InChI is InChI=1S/C9H10N4O2/c1-5(2)6-3-7(9(14)15)12-13-4-10-11-8(6)13/h3-5H,1-2H3,(H,14,15). The zero-order valence-corrected chi connectivity index (χ0v) is 8.38. The van der Waals surface area contributed by atoms with Crippen molar-refractivity contribution in [1.29, 1.82) is 0 Å². The lowest BCUT2D eigenvalue weighted by Gasteiger charge is -2.06. The van der Waals surface area contributed by atoms with Crippen molar-refractivity contribution in [3.63, 3.8) is 0 Å². The molecule has 2 aromatic rings. The van der Waals surface area contributed by atoms with E-state index in [0.29, 0.717) is 5.65 Å². The van der Waals surface area contributed by atoms with Crippen LogP contribution in [0.3, 0.4) is 0 Å². The van der Waals surface area contributed by atoms with Gasteiger partial charge in [-0.1, -0.05) is 13.8 Å². The molecule has 0 saturated heterocycles. The molecule has 0 radical (unpaired) electrons. The van der Waals surface area contributed by atoms with Crippen LogP contribution in [-0.4, -0.2) is 30.9 Å². The molecule has 0 atom stereocenters. The molecule has 2 heterocycles. The first-order valence-electron chi connectivity index (χ1n) is 4.54. The number of carboxylic acid groups (broad SMARTS) is 1. The van der Waals surface area contributed by atoms with Gasteiger partial charge in [-0.25, -0.2) is 4.79 Å². The molecule has 0 aromatic carbocycles. The molecular formula is C9H10N4O2. The first kappa shape index (κ1) is 9.57. The maximum absolute atomic E-state index is 10.8. The van der Waals surface area contributed by atoms with Gasteiger partial charge in [-0.05, 0) is 12.0 Å². The zero-order valence-electron chi connectivity index (χ0n) is 8.38. The van der Waals surface area contributed by atoms with Gasteiger partial charge in [0.2, 0.25) is 0 Å². The third kappa shape index (κ3) is 1.54. The first-order valence-corrected chi connectivity index (χ1v) is 4.54. The Balaban J connectivity index is 2.74. The van der Waals surface area contributed by atoms with Crippen LogP contribution >= 0.6 is 0 Å². The minimum atomic E-state index is -1.05. The smallest absolute Gasteiger partial charge is 0.356 e. The van der Waals surface area contributed by atoms with E-state index in [1.165, 1.54) is 16.9 Å². The molecule has 0 spiro atoms. The number of carbonyl (C=O) groups is 1. The van der Waals surface area contributed by atoms with Gasteiger partial charge in [0.1, 0.15) is 6.33 Å². The van der Waals surface area contributed by atoms with E-state index in [2.05, 4.69) is 15.3 Å². The van der Waals surface area contributed by atoms with E-state index in [0.717, 1.165) is 5.56 Å². The third-order valence-electron chi connectivity index (χ3n) is 2.14. The van der Waals surface area contributed by atoms with Crippen LogP contribution in [0.25, 0.3) is 5.65 Å². The fourth-order valence-corrected chi connectivity index (χ4v) is 1.38. The van der Waals surface area contributed by atoms with Crippen molar-refractivity contribution >= 4 is 11.6 Å². The molecule has 0 saturated carbocycles. The fraction of sp³-hybridized carbons (Fsp3) is 0.333. The van der Waals surface area contributed by atoms with E-state index < -0.39 is 5.97 Å². The lowest BCUT2D eigenvalue weighted by atomic mass is 10.0. The molecule has 78 valence electrons. The fourth-order valence-electron chi connectivity index (χ4n) is 1.38. The predicted molar refractivity (Wildman–Crippen MR) is 51.8 cm³/mol. The van der Waals surface area contributed by atoms with Crippen molar-refractivity contribution in [1.82, 2.24) is 19.8 Å². The topological polar surface area (TPSA) is 80.4 Å². The van der Waals surface area contributed by atoms with Crippen molar-refractivity contribution in [2.24, 2.45) is 0 Å². The molecule has 15 heavy (non-hydrogen) atoms. The normalized spacial score (nSPS) is 11.1. The van der Waals surface area contributed by atoms with Crippen LogP contribution in [0.5, 0.6) is 0 Å². The van der Waals surface area contributed by atoms with Crippen LogP contribution in [0.15, 0.2) is 12.4 Å². The third-order valence-corrected chi connectivity index (χ3v) is 2.14. The van der Waals surface area contributed by atoms with E-state index in [1.54, 1.807) is 0 Å². The Labute approximate surface area is 85.6 Å². The predicted octanol–water partition coefficient (Wildman–Crippen LogP) is 0.946. The van der Waals surface area contributed by atoms with Crippen LogP contribution < -0.4 is 0 Å². The Morgan fingerprint density at radius 3 is 2.87 bits per heavy atom. The van der Waals surface area contributed by atoms with Gasteiger partial charge in [0.15, 0.2) is 11.3 Å². The largest absolute Gasteiger partial charge is 0.476 e. The highest BCUT2D eigenvalue weighted by atomic mass is 16.4. The number of nitrogens with zero attached hydrogens (tertiary/aromatic N) is 4. The van der Waals surface area contributed by atoms with Gasteiger partial charge in [0.25, 0.3) is 0 Å². The minimum Gasteiger partial charge on any atom is -0.476 e. The zero-order chi connectivity index (χ0) is 11.0. The molecule has 0 amide bonds. The van der Waals surface area contributed by atoms with Crippen molar-refractivity contribution in [2.45, 2.75) is 19.8 Å². The van der Waals surface area contributed by atoms with Crippen molar-refractivity contribution in [3.05, 3.63) is 23.7 Å². The maximum Gasteiger partial charge on any atom is 0.356 e. The van der Waals surface area contributed by atoms with Crippen LogP contribution in [0.1, 0.15) is 35.8 Å². The second kappa shape index (κ2) is 3.30. The average Bonchev–Trinajstić information content (AvgIpc) is 2.62. The first-order chi connectivity index (χ1) is 7.09. The molecule has 0 aliphatic heterocycles. The Kier molecular flexibility index (Phi) is 2.11. The van der Waals surface area contributed by atoms with Crippen LogP contribution in [0.4, 0.5) is 0 Å². The van der Waals surface area contributed by atoms with Gasteiger partial charge < -0.3 is 5.11 Å². The van der Waals surface area contributed by atoms with Crippen molar-refractivity contribution < 1.29 is 9.90 Å². The highest BCUT2D eigenvalue weighted by molar-refractivity contribution is 5.85. The maximum atomic E-state index is 10.8. The van der Waals surface area contributed by atoms with E-state index >= 15 is 0 Å². The van der Waals surface area contributed by atoms with Crippen LogP contribution in [0, 0.1) is 0 Å². The number of rotatable bonds is 2. The molecule has 2 aromatic heterocycles. The van der Waals surface area contributed by atoms with E-state index in [1.807, 2.05) is 13.8 Å². The summed E-state index contributed by atoms with van der Waals surface area (Å²) < 4.78 is 1.39. The van der Waals surface area contributed by atoms with E-state index in [-0.39, 0.29) is 11.6 Å². The summed E-state index contributed by atoms with van der Waals surface area (Å²) in [5, 5.41) is 20.3. The van der Waals surface area contributed by atoms with Gasteiger partial charge in [0.05, 0.1) is 0 Å². The summed E-state index contributed by atoms with van der Waals surface area (Å²) >= 11 is 0. The Bertz CT molecular complexity index is 518. The molecule has 2 rings (SSSR count). The summed E-state index contributed by atoms with van der Waals surface area (Å²) in [6.07, 6.45) is 1.40. The summed E-state index contributed by atoms with van der Waals surface area (Å²) in [6, 6.07) is 1.54. The second-order valence-corrected chi connectivity index (χ2v) is 3.54. The van der Waals surface area contributed by atoms with Gasteiger partial charge in [-0.3, -0.25) is 0 Å². The summed E-state index contributed by atoms with van der Waals surface area (Å²) in [6.45, 7) is 3.94. The average molecular weight is 206 g/mol. The molecule has 1 N–H and O–H groups in total. The van der Waals surface area contributed by atoms with Crippen molar-refractivity contribution in [2.75, 3.05) is 0 Å². The Morgan fingerprint density at radius 2 is 2.27 bits per heavy atom. The molecule has 6 heteroatoms. The lowest BCUT2D eigenvalue weighted by Crippen LogP contribution is -2.07. The lowest BCUT2D eigenvalue weighted by molar-refractivity contribution is 0.0688. The highest BCUT2D eigenvalue weighted by Crippen LogP contribution is 2.18. The highest BCUT2D eigenvalue weighted by Gasteiger charge is 2.14. The second-order valence-electron chi connectivity index (χ2n) is 3.54. The number of aromatic carboxylic acids is 1. The number of aromatic nitrogens is 4. The molecular weight excluding hydrogens is 196 g/mol. The van der Waals surface area contributed by atoms with Gasteiger partial charge in [0, 0.05) is 5.56 Å². The van der Waals surface area contributed by atoms with Crippen LogP contribution in [0.2, 0.25) is 0 Å². The molecule has 0 unspecified atom stereocenters. The van der Waals surface area contributed by atoms with E-state index in [4.69, 9.17) is 5.11 Å². The number of carboxylic acids is 1. The van der Waals surface area contributed by atoms with Gasteiger partial charge in [-0.2, -0.15) is 9.61 Å². The Hall–Kier alpha value is -1.98. The number of hydrogen-bond acceptors (Lipinski definition) is 4.